The topological polar surface area (TPSA) is 61.9 Å². The van der Waals surface area contributed by atoms with Crippen molar-refractivity contribution in [2.75, 3.05) is 19.3 Å². The first-order valence-corrected chi connectivity index (χ1v) is 11.9. The SMILES string of the molecule is CSC1CCN(Cc2cccc(-c3cnc4[nH]cc(CC(C)(C)C=O)c4n3)c2)CC1. The highest BCUT2D eigenvalue weighted by Gasteiger charge is 2.21. The number of carbonyl (C=O) groups is 1. The number of benzene rings is 1. The van der Waals surface area contributed by atoms with Gasteiger partial charge in [0.1, 0.15) is 11.8 Å². The van der Waals surface area contributed by atoms with Crippen molar-refractivity contribution >= 4 is 29.2 Å². The van der Waals surface area contributed by atoms with E-state index in [1.807, 2.05) is 38.0 Å². The first-order chi connectivity index (χ1) is 14.5. The number of fused-ring (bicyclic) bond motifs is 1. The van der Waals surface area contributed by atoms with Crippen molar-refractivity contribution in [2.45, 2.75) is 44.9 Å². The fourth-order valence-electron chi connectivity index (χ4n) is 4.14. The maximum absolute atomic E-state index is 11.4. The molecule has 3 aromatic rings. The lowest BCUT2D eigenvalue weighted by atomic mass is 9.88. The molecule has 0 saturated carbocycles. The van der Waals surface area contributed by atoms with Crippen LogP contribution in [0.2, 0.25) is 0 Å². The molecule has 0 radical (unpaired) electrons. The molecule has 5 nitrogen and oxygen atoms in total. The molecule has 0 aliphatic carbocycles. The van der Waals surface area contributed by atoms with E-state index in [0.29, 0.717) is 6.42 Å². The average Bonchev–Trinajstić information content (AvgIpc) is 3.16. The predicted octanol–water partition coefficient (Wildman–Crippen LogP) is 4.72. The molecule has 1 N–H and O–H groups in total. The molecule has 1 aliphatic heterocycles. The van der Waals surface area contributed by atoms with Gasteiger partial charge in [0.25, 0.3) is 0 Å². The molecular weight excluding hydrogens is 392 g/mol. The summed E-state index contributed by atoms with van der Waals surface area (Å²) in [5, 5.41) is 0.814. The fraction of sp³-hybridized carbons (Fsp3) is 0.458. The van der Waals surface area contributed by atoms with E-state index in [4.69, 9.17) is 4.98 Å². The molecule has 1 aliphatic rings. The van der Waals surface area contributed by atoms with E-state index in [2.05, 4.69) is 45.4 Å². The Labute approximate surface area is 182 Å². The van der Waals surface area contributed by atoms with Gasteiger partial charge < -0.3 is 9.78 Å². The lowest BCUT2D eigenvalue weighted by Gasteiger charge is -2.31. The van der Waals surface area contributed by atoms with Crippen LogP contribution in [0, 0.1) is 5.41 Å². The largest absolute Gasteiger partial charge is 0.345 e. The maximum atomic E-state index is 11.4. The summed E-state index contributed by atoms with van der Waals surface area (Å²) < 4.78 is 0. The predicted molar refractivity (Wildman–Crippen MR) is 125 cm³/mol. The number of nitrogens with one attached hydrogen (secondary N) is 1. The van der Waals surface area contributed by atoms with E-state index in [1.165, 1.54) is 31.5 Å². The zero-order valence-corrected chi connectivity index (χ0v) is 18.8. The van der Waals surface area contributed by atoms with Gasteiger partial charge in [0, 0.05) is 29.0 Å². The molecule has 4 rings (SSSR count). The van der Waals surface area contributed by atoms with Crippen molar-refractivity contribution in [2.24, 2.45) is 5.41 Å². The van der Waals surface area contributed by atoms with Crippen LogP contribution in [0.15, 0.2) is 36.7 Å². The molecule has 0 spiro atoms. The van der Waals surface area contributed by atoms with Crippen molar-refractivity contribution in [3.05, 3.63) is 47.8 Å². The molecule has 0 amide bonds. The second-order valence-corrected chi connectivity index (χ2v) is 10.1. The molecule has 1 saturated heterocycles. The minimum absolute atomic E-state index is 0.420. The van der Waals surface area contributed by atoms with Gasteiger partial charge in [-0.05, 0) is 55.8 Å². The van der Waals surface area contributed by atoms with Crippen molar-refractivity contribution < 1.29 is 4.79 Å². The molecule has 0 unspecified atom stereocenters. The van der Waals surface area contributed by atoms with E-state index < -0.39 is 5.41 Å². The Balaban J connectivity index is 1.55. The molecule has 3 heterocycles. The standard InChI is InChI=1S/C24H30N4OS/c1-24(2,16-29)12-19-13-25-23-22(19)27-21(14-26-23)18-6-4-5-17(11-18)15-28-9-7-20(30-3)8-10-28/h4-6,11,13-14,16,20H,7-10,12,15H2,1-3H3,(H,25,26). The Hall–Kier alpha value is -2.18. The van der Waals surface area contributed by atoms with Gasteiger partial charge in [-0.2, -0.15) is 11.8 Å². The van der Waals surface area contributed by atoms with Crippen molar-refractivity contribution in [3.63, 3.8) is 0 Å². The summed E-state index contributed by atoms with van der Waals surface area (Å²) in [6.45, 7) is 7.21. The van der Waals surface area contributed by atoms with E-state index in [9.17, 15) is 4.79 Å². The molecule has 1 fully saturated rings. The Bertz CT molecular complexity index is 1020. The summed E-state index contributed by atoms with van der Waals surface area (Å²) in [6, 6.07) is 8.64. The second-order valence-electron chi connectivity index (χ2n) is 8.96. The molecule has 2 aromatic heterocycles. The number of hydrogen-bond acceptors (Lipinski definition) is 5. The van der Waals surface area contributed by atoms with Crippen molar-refractivity contribution in [3.8, 4) is 11.3 Å². The van der Waals surface area contributed by atoms with Gasteiger partial charge in [-0.1, -0.05) is 32.0 Å². The Morgan fingerprint density at radius 2 is 2.10 bits per heavy atom. The Morgan fingerprint density at radius 1 is 1.30 bits per heavy atom. The molecule has 6 heteroatoms. The van der Waals surface area contributed by atoms with Crippen LogP contribution in [-0.2, 0) is 17.8 Å². The number of H-pyrrole nitrogens is 1. The van der Waals surface area contributed by atoms with E-state index in [-0.39, 0.29) is 0 Å². The third-order valence-corrected chi connectivity index (χ3v) is 7.06. The highest BCUT2D eigenvalue weighted by atomic mass is 32.2. The van der Waals surface area contributed by atoms with Crippen LogP contribution < -0.4 is 0 Å². The summed E-state index contributed by atoms with van der Waals surface area (Å²) in [6.07, 6.45) is 10.2. The first kappa shape index (κ1) is 21.1. The van der Waals surface area contributed by atoms with Gasteiger partial charge in [-0.15, -0.1) is 0 Å². The number of rotatable bonds is 7. The third-order valence-electron chi connectivity index (χ3n) is 5.92. The summed E-state index contributed by atoms with van der Waals surface area (Å²) in [7, 11) is 0. The monoisotopic (exact) mass is 422 g/mol. The van der Waals surface area contributed by atoms with Crippen LogP contribution in [-0.4, -0.2) is 50.7 Å². The van der Waals surface area contributed by atoms with Crippen LogP contribution in [0.3, 0.4) is 0 Å². The highest BCUT2D eigenvalue weighted by Crippen LogP contribution is 2.27. The minimum atomic E-state index is -0.420. The van der Waals surface area contributed by atoms with E-state index in [0.717, 1.165) is 46.1 Å². The van der Waals surface area contributed by atoms with Crippen LogP contribution in [0.4, 0.5) is 0 Å². The summed E-state index contributed by atoms with van der Waals surface area (Å²) in [5.41, 5.74) is 5.50. The van der Waals surface area contributed by atoms with Gasteiger partial charge in [-0.3, -0.25) is 4.90 Å². The van der Waals surface area contributed by atoms with Crippen LogP contribution in [0.25, 0.3) is 22.4 Å². The molecule has 0 bridgehead atoms. The summed E-state index contributed by atoms with van der Waals surface area (Å²) in [4.78, 5) is 26.6. The van der Waals surface area contributed by atoms with Gasteiger partial charge in [0.2, 0.25) is 0 Å². The average molecular weight is 423 g/mol. The van der Waals surface area contributed by atoms with Gasteiger partial charge in [0.15, 0.2) is 5.65 Å². The zero-order valence-electron chi connectivity index (χ0n) is 18.0. The van der Waals surface area contributed by atoms with Crippen LogP contribution >= 0.6 is 11.8 Å². The fourth-order valence-corrected chi connectivity index (χ4v) is 4.82. The number of piperidine rings is 1. The number of thioether (sulfide) groups is 1. The van der Waals surface area contributed by atoms with Gasteiger partial charge >= 0.3 is 0 Å². The number of aromatic nitrogens is 3. The highest BCUT2D eigenvalue weighted by molar-refractivity contribution is 7.99. The maximum Gasteiger partial charge on any atom is 0.156 e. The Kier molecular flexibility index (Phi) is 6.25. The minimum Gasteiger partial charge on any atom is -0.345 e. The quantitative estimate of drug-likeness (QED) is 0.558. The van der Waals surface area contributed by atoms with E-state index in [1.54, 1.807) is 0 Å². The third kappa shape index (κ3) is 4.76. The molecule has 1 aromatic carbocycles. The number of likely N-dealkylation sites (tertiary alicyclic amines) is 1. The molecule has 0 atom stereocenters. The van der Waals surface area contributed by atoms with E-state index >= 15 is 0 Å². The first-order valence-electron chi connectivity index (χ1n) is 10.6. The van der Waals surface area contributed by atoms with Crippen LogP contribution in [0.5, 0.6) is 0 Å². The lowest BCUT2D eigenvalue weighted by Crippen LogP contribution is -2.34. The smallest absolute Gasteiger partial charge is 0.156 e. The lowest BCUT2D eigenvalue weighted by molar-refractivity contribution is -0.114. The zero-order chi connectivity index (χ0) is 21.1. The van der Waals surface area contributed by atoms with Crippen molar-refractivity contribution in [1.29, 1.82) is 0 Å². The van der Waals surface area contributed by atoms with Gasteiger partial charge in [0.05, 0.1) is 11.9 Å². The number of nitrogens with zero attached hydrogens (tertiary/aromatic N) is 3. The number of carbonyl (C=O) groups excluding carboxylic acids is 1. The van der Waals surface area contributed by atoms with Crippen molar-refractivity contribution in [1.82, 2.24) is 19.9 Å². The summed E-state index contributed by atoms with van der Waals surface area (Å²) in [5.74, 6) is 0. The number of hydrogen-bond donors (Lipinski definition) is 1. The molecule has 158 valence electrons. The summed E-state index contributed by atoms with van der Waals surface area (Å²) >= 11 is 2.00. The second kappa shape index (κ2) is 8.90. The van der Waals surface area contributed by atoms with Crippen LogP contribution in [0.1, 0.15) is 37.8 Å². The Morgan fingerprint density at radius 3 is 2.83 bits per heavy atom. The molecular formula is C24H30N4OS. The normalized spacial score (nSPS) is 16.2. The number of aldehydes is 1. The number of aromatic amines is 1. The van der Waals surface area contributed by atoms with Gasteiger partial charge in [-0.25, -0.2) is 9.97 Å². The molecule has 30 heavy (non-hydrogen) atoms.